The number of nitrogens with zero attached hydrogens (tertiary/aromatic N) is 3. The minimum Gasteiger partial charge on any atom is -0.478 e. The third-order valence-electron chi connectivity index (χ3n) is 5.11. The van der Waals surface area contributed by atoms with Crippen LogP contribution in [-0.4, -0.2) is 66.6 Å². The predicted molar refractivity (Wildman–Crippen MR) is 87.4 cm³/mol. The van der Waals surface area contributed by atoms with Crippen LogP contribution < -0.4 is 4.76 Å². The Morgan fingerprint density at radius 1 is 1.28 bits per heavy atom. The first-order valence-corrected chi connectivity index (χ1v) is 8.24. The van der Waals surface area contributed by atoms with E-state index in [2.05, 4.69) is 4.90 Å². The van der Waals surface area contributed by atoms with Gasteiger partial charge >= 0.3 is 11.9 Å². The lowest BCUT2D eigenvalue weighted by molar-refractivity contribution is -0.271. The summed E-state index contributed by atoms with van der Waals surface area (Å²) in [5, 5.41) is 11.3. The van der Waals surface area contributed by atoms with Crippen LogP contribution in [0.25, 0.3) is 0 Å². The van der Waals surface area contributed by atoms with Crippen molar-refractivity contribution in [2.75, 3.05) is 39.8 Å². The van der Waals surface area contributed by atoms with Crippen LogP contribution in [0.5, 0.6) is 0 Å². The number of halogens is 1. The van der Waals surface area contributed by atoms with Crippen LogP contribution in [0.3, 0.4) is 0 Å². The van der Waals surface area contributed by atoms with Gasteiger partial charge in [-0.25, -0.2) is 4.79 Å². The Labute approximate surface area is 144 Å². The predicted octanol–water partition coefficient (Wildman–Crippen LogP) is 1.35. The van der Waals surface area contributed by atoms with Gasteiger partial charge in [0.05, 0.1) is 24.7 Å². The Hall–Kier alpha value is -2.13. The molecular formula is C17H19FN3O4+. The van der Waals surface area contributed by atoms with Gasteiger partial charge in [0.15, 0.2) is 0 Å². The number of quaternary nitrogens is 1. The molecular weight excluding hydrogens is 329 g/mol. The molecule has 8 heteroatoms. The van der Waals surface area contributed by atoms with Gasteiger partial charge < -0.3 is 10.0 Å². The first-order chi connectivity index (χ1) is 11.9. The Bertz CT molecular complexity index is 801. The van der Waals surface area contributed by atoms with Gasteiger partial charge in [0.1, 0.15) is 12.2 Å². The van der Waals surface area contributed by atoms with Gasteiger partial charge in [0.2, 0.25) is 11.5 Å². The molecule has 0 aromatic heterocycles. The fraction of sp³-hybridized carbons (Fsp3) is 0.412. The molecule has 1 atom stereocenters. The molecule has 0 spiro atoms. The lowest BCUT2D eigenvalue weighted by Gasteiger charge is -2.46. The molecule has 1 saturated heterocycles. The molecule has 3 aliphatic rings. The largest absolute Gasteiger partial charge is 0.478 e. The molecule has 0 radical (unpaired) electrons. The maximum atomic E-state index is 15.1. The van der Waals surface area contributed by atoms with Crippen molar-refractivity contribution in [2.24, 2.45) is 0 Å². The number of likely N-dealkylation sites (N-methyl/N-ethyl adjacent to an activating group) is 1. The number of rotatable bonds is 2. The summed E-state index contributed by atoms with van der Waals surface area (Å²) in [6.07, 6.45) is 1.37. The number of carboxylic acids is 1. The first kappa shape index (κ1) is 16.3. The molecule has 1 N–H and O–H groups in total. The van der Waals surface area contributed by atoms with Crippen LogP contribution in [0.15, 0.2) is 24.2 Å². The van der Waals surface area contributed by atoms with E-state index in [0.29, 0.717) is 31.8 Å². The van der Waals surface area contributed by atoms with Crippen molar-refractivity contribution in [3.63, 3.8) is 0 Å². The van der Waals surface area contributed by atoms with E-state index in [9.17, 15) is 14.7 Å². The monoisotopic (exact) mass is 348 g/mol. The molecule has 1 unspecified atom stereocenters. The fourth-order valence-electron chi connectivity index (χ4n) is 3.83. The lowest BCUT2D eigenvalue weighted by atomic mass is 9.92. The third-order valence-corrected chi connectivity index (χ3v) is 5.11. The summed E-state index contributed by atoms with van der Waals surface area (Å²) in [5.41, 5.74) is 0.988. The molecule has 0 aliphatic carbocycles. The number of carboxylic acid groups (broad SMARTS) is 1. The Balaban J connectivity index is 1.96. The minimum absolute atomic E-state index is 0.0324. The molecule has 0 amide bonds. The number of ketones is 1. The highest BCUT2D eigenvalue weighted by Gasteiger charge is 2.56. The molecule has 4 rings (SSSR count). The smallest absolute Gasteiger partial charge is 0.347 e. The van der Waals surface area contributed by atoms with E-state index in [4.69, 9.17) is 4.84 Å². The van der Waals surface area contributed by atoms with Crippen molar-refractivity contribution < 1.29 is 23.9 Å². The third kappa shape index (κ3) is 2.26. The second-order valence-electron chi connectivity index (χ2n) is 6.55. The van der Waals surface area contributed by atoms with Crippen molar-refractivity contribution in [1.29, 1.82) is 0 Å². The van der Waals surface area contributed by atoms with Gasteiger partial charge in [0.25, 0.3) is 0 Å². The van der Waals surface area contributed by atoms with Crippen LogP contribution in [0, 0.1) is 0 Å². The van der Waals surface area contributed by atoms with Crippen molar-refractivity contribution in [1.82, 2.24) is 14.7 Å². The Morgan fingerprint density at radius 3 is 2.68 bits per heavy atom. The van der Waals surface area contributed by atoms with E-state index in [-0.39, 0.29) is 11.1 Å². The molecule has 0 saturated carbocycles. The summed E-state index contributed by atoms with van der Waals surface area (Å²) in [4.78, 5) is 32.1. The van der Waals surface area contributed by atoms with E-state index in [1.807, 2.05) is 12.1 Å². The van der Waals surface area contributed by atoms with Gasteiger partial charge in [-0.15, -0.1) is 9.40 Å². The molecule has 1 aromatic carbocycles. The fourth-order valence-corrected chi connectivity index (χ4v) is 3.83. The highest BCUT2D eigenvalue weighted by atomic mass is 19.1. The van der Waals surface area contributed by atoms with E-state index in [1.165, 1.54) is 6.07 Å². The molecule has 1 aromatic rings. The Morgan fingerprint density at radius 2 is 2.00 bits per heavy atom. The molecule has 0 bridgehead atoms. The number of benzene rings is 1. The zero-order chi connectivity index (χ0) is 17.8. The summed E-state index contributed by atoms with van der Waals surface area (Å²) < 4.78 is 14.5. The normalized spacial score (nSPS) is 27.0. The van der Waals surface area contributed by atoms with E-state index >= 15 is 4.39 Å². The zero-order valence-electron chi connectivity index (χ0n) is 13.9. The number of carbonyl (C=O) groups is 2. The average molecular weight is 348 g/mol. The quantitative estimate of drug-likeness (QED) is 0.643. The van der Waals surface area contributed by atoms with Gasteiger partial charge in [0, 0.05) is 25.1 Å². The maximum absolute atomic E-state index is 15.1. The minimum atomic E-state index is -1.20. The number of carbonyl (C=O) groups excluding carboxylic acids is 1. The van der Waals surface area contributed by atoms with Gasteiger partial charge in [-0.1, -0.05) is 6.07 Å². The number of hydroxylamine groups is 1. The van der Waals surface area contributed by atoms with Crippen LogP contribution in [-0.2, 0) is 11.3 Å². The number of hydrogen-bond donors (Lipinski definition) is 1. The SMILES string of the molecule is CN1CCN([N+]23OCCc4ccc(C(=O)O)c(c42)C(=O)C=C3F)CC1. The highest BCUT2D eigenvalue weighted by molar-refractivity contribution is 6.16. The standard InChI is InChI=1S/C17H18FN3O4/c1-19-5-7-20(8-6-19)21-14(18)10-13(22)15-12(17(23)24)3-2-11(16(15)21)4-9-25-21/h2-3,10H,4-9H2,1H3/p+1. The number of piperazine rings is 1. The van der Waals surface area contributed by atoms with Crippen LogP contribution in [0.4, 0.5) is 10.1 Å². The molecule has 1 fully saturated rings. The van der Waals surface area contributed by atoms with Crippen LogP contribution in [0.1, 0.15) is 26.3 Å². The molecule has 3 aliphatic heterocycles. The Kier molecular flexibility index (Phi) is 3.73. The summed E-state index contributed by atoms with van der Waals surface area (Å²) in [5.74, 6) is -2.55. The van der Waals surface area contributed by atoms with E-state index in [1.54, 1.807) is 6.07 Å². The number of aromatic carboxylic acids is 1. The molecule has 3 heterocycles. The second kappa shape index (κ2) is 5.70. The molecule has 25 heavy (non-hydrogen) atoms. The van der Waals surface area contributed by atoms with Crippen molar-refractivity contribution in [3.05, 3.63) is 40.8 Å². The van der Waals surface area contributed by atoms with Gasteiger partial charge in [-0.2, -0.15) is 4.84 Å². The first-order valence-electron chi connectivity index (χ1n) is 8.24. The average Bonchev–Trinajstić information content (AvgIpc) is 2.59. The highest BCUT2D eigenvalue weighted by Crippen LogP contribution is 2.46. The number of hydrogen-bond acceptors (Lipinski definition) is 5. The zero-order valence-corrected chi connectivity index (χ0v) is 13.9. The molecule has 7 nitrogen and oxygen atoms in total. The second-order valence-corrected chi connectivity index (χ2v) is 6.55. The van der Waals surface area contributed by atoms with Gasteiger partial charge in [-0.05, 0) is 17.9 Å². The van der Waals surface area contributed by atoms with E-state index < -0.39 is 22.5 Å². The van der Waals surface area contributed by atoms with Crippen molar-refractivity contribution in [3.8, 4) is 0 Å². The number of allylic oxidation sites excluding steroid dienone is 1. The van der Waals surface area contributed by atoms with E-state index in [0.717, 1.165) is 24.7 Å². The summed E-state index contributed by atoms with van der Waals surface area (Å²) >= 11 is 0. The summed E-state index contributed by atoms with van der Waals surface area (Å²) in [7, 11) is 1.99. The van der Waals surface area contributed by atoms with Gasteiger partial charge in [-0.3, -0.25) is 4.79 Å². The lowest BCUT2D eigenvalue weighted by Crippen LogP contribution is -2.67. The summed E-state index contributed by atoms with van der Waals surface area (Å²) in [6, 6.07) is 3.09. The molecule has 132 valence electrons. The topological polar surface area (TPSA) is 70.1 Å². The van der Waals surface area contributed by atoms with Crippen LogP contribution in [0.2, 0.25) is 0 Å². The van der Waals surface area contributed by atoms with Crippen molar-refractivity contribution in [2.45, 2.75) is 6.42 Å². The summed E-state index contributed by atoms with van der Waals surface area (Å²) in [6.45, 7) is 2.84. The van der Waals surface area contributed by atoms with Crippen LogP contribution >= 0.6 is 0 Å². The maximum Gasteiger partial charge on any atom is 0.347 e. The van der Waals surface area contributed by atoms with Crippen molar-refractivity contribution >= 4 is 17.4 Å².